The molecular weight excluding hydrogens is 302 g/mol. The van der Waals surface area contributed by atoms with Crippen molar-refractivity contribution in [3.8, 4) is 0 Å². The van der Waals surface area contributed by atoms with E-state index >= 15 is 0 Å². The van der Waals surface area contributed by atoms with Crippen molar-refractivity contribution in [2.45, 2.75) is 18.4 Å². The Morgan fingerprint density at radius 2 is 2.29 bits per heavy atom. The number of nitrogens with zero attached hydrogens (tertiary/aromatic N) is 1. The predicted molar refractivity (Wildman–Crippen MR) is 70.1 cm³/mol. The Morgan fingerprint density at radius 1 is 1.59 bits per heavy atom. The molecule has 17 heavy (non-hydrogen) atoms. The first kappa shape index (κ1) is 11.2. The zero-order valence-electron chi connectivity index (χ0n) is 9.29. The van der Waals surface area contributed by atoms with Gasteiger partial charge in [-0.05, 0) is 46.8 Å². The van der Waals surface area contributed by atoms with Gasteiger partial charge in [0, 0.05) is 11.9 Å². The van der Waals surface area contributed by atoms with Gasteiger partial charge in [-0.25, -0.2) is 0 Å². The maximum atomic E-state index is 12.4. The number of guanidine groups is 1. The standard InChI is InChI=1S/C11H12BrN3OS/c1-15-9(16)11(6-2-3-6,14-10(15)13)7-4-5-8(12)17-7/h4-6H,2-3H2,1H3,(H2,13,14). The Balaban J connectivity index is 2.11. The summed E-state index contributed by atoms with van der Waals surface area (Å²) in [7, 11) is 1.66. The fraction of sp³-hybridized carbons (Fsp3) is 0.455. The van der Waals surface area contributed by atoms with Crippen LogP contribution in [0.3, 0.4) is 0 Å². The van der Waals surface area contributed by atoms with Crippen LogP contribution in [-0.4, -0.2) is 23.8 Å². The van der Waals surface area contributed by atoms with Gasteiger partial charge < -0.3 is 5.32 Å². The second-order valence-electron chi connectivity index (χ2n) is 4.52. The van der Waals surface area contributed by atoms with Crippen LogP contribution >= 0.6 is 27.3 Å². The van der Waals surface area contributed by atoms with Crippen LogP contribution in [-0.2, 0) is 10.3 Å². The van der Waals surface area contributed by atoms with Crippen molar-refractivity contribution >= 4 is 39.1 Å². The minimum absolute atomic E-state index is 0.000602. The summed E-state index contributed by atoms with van der Waals surface area (Å²) in [6.45, 7) is 0. The van der Waals surface area contributed by atoms with E-state index in [0.717, 1.165) is 21.5 Å². The van der Waals surface area contributed by atoms with Crippen molar-refractivity contribution in [3.05, 3.63) is 20.8 Å². The van der Waals surface area contributed by atoms with E-state index in [2.05, 4.69) is 21.2 Å². The SMILES string of the molecule is CN1C(=N)NC(c2ccc(Br)s2)(C2CC2)C1=O. The van der Waals surface area contributed by atoms with Crippen molar-refractivity contribution < 1.29 is 4.79 Å². The minimum atomic E-state index is -0.678. The van der Waals surface area contributed by atoms with Crippen LogP contribution in [0, 0.1) is 11.3 Å². The van der Waals surface area contributed by atoms with Gasteiger partial charge in [0.1, 0.15) is 0 Å². The molecule has 0 bridgehead atoms. The molecule has 1 saturated carbocycles. The Morgan fingerprint density at radius 3 is 2.71 bits per heavy atom. The van der Waals surface area contributed by atoms with Crippen LogP contribution in [0.2, 0.25) is 0 Å². The fourth-order valence-corrected chi connectivity index (χ4v) is 3.98. The zero-order chi connectivity index (χ0) is 12.2. The number of halogens is 1. The topological polar surface area (TPSA) is 56.2 Å². The van der Waals surface area contributed by atoms with Gasteiger partial charge >= 0.3 is 0 Å². The van der Waals surface area contributed by atoms with E-state index in [1.165, 1.54) is 4.90 Å². The Hall–Kier alpha value is -0.880. The van der Waals surface area contributed by atoms with E-state index in [0.29, 0.717) is 5.92 Å². The van der Waals surface area contributed by atoms with Crippen molar-refractivity contribution in [2.75, 3.05) is 7.05 Å². The molecule has 2 aliphatic rings. The quantitative estimate of drug-likeness (QED) is 0.878. The Labute approximate surface area is 112 Å². The Kier molecular flexibility index (Phi) is 2.35. The van der Waals surface area contributed by atoms with Gasteiger partial charge in [-0.15, -0.1) is 11.3 Å². The predicted octanol–water partition coefficient (Wildman–Crippen LogP) is 2.11. The number of carbonyl (C=O) groups excluding carboxylic acids is 1. The number of rotatable bonds is 2. The van der Waals surface area contributed by atoms with Gasteiger partial charge in [-0.2, -0.15) is 0 Å². The van der Waals surface area contributed by atoms with Crippen LogP contribution in [0.4, 0.5) is 0 Å². The number of nitrogens with one attached hydrogen (secondary N) is 2. The molecule has 2 N–H and O–H groups in total. The lowest BCUT2D eigenvalue weighted by Gasteiger charge is -2.25. The molecule has 0 radical (unpaired) electrons. The molecule has 3 rings (SSSR count). The van der Waals surface area contributed by atoms with Gasteiger partial charge in [0.05, 0.1) is 3.79 Å². The lowest BCUT2D eigenvalue weighted by Crippen LogP contribution is -2.45. The number of hydrogen-bond donors (Lipinski definition) is 2. The van der Waals surface area contributed by atoms with Gasteiger partial charge in [-0.1, -0.05) is 0 Å². The first-order valence-electron chi connectivity index (χ1n) is 5.46. The molecule has 1 amide bonds. The van der Waals surface area contributed by atoms with Crippen LogP contribution in [0.1, 0.15) is 17.7 Å². The Bertz CT molecular complexity index is 511. The van der Waals surface area contributed by atoms with Gasteiger partial charge in [0.2, 0.25) is 0 Å². The summed E-state index contributed by atoms with van der Waals surface area (Å²) < 4.78 is 1.02. The van der Waals surface area contributed by atoms with E-state index in [-0.39, 0.29) is 11.9 Å². The molecular formula is C11H12BrN3OS. The molecule has 2 fully saturated rings. The highest BCUT2D eigenvalue weighted by molar-refractivity contribution is 9.11. The number of amides is 1. The molecule has 4 nitrogen and oxygen atoms in total. The van der Waals surface area contributed by atoms with Crippen molar-refractivity contribution in [3.63, 3.8) is 0 Å². The van der Waals surface area contributed by atoms with Crippen LogP contribution in [0.15, 0.2) is 15.9 Å². The summed E-state index contributed by atoms with van der Waals surface area (Å²) in [5.74, 6) is 0.525. The summed E-state index contributed by atoms with van der Waals surface area (Å²) in [6, 6.07) is 3.94. The van der Waals surface area contributed by atoms with E-state index in [1.54, 1.807) is 18.4 Å². The molecule has 1 atom stereocenters. The minimum Gasteiger partial charge on any atom is -0.337 e. The maximum absolute atomic E-state index is 12.4. The first-order chi connectivity index (χ1) is 8.05. The highest BCUT2D eigenvalue weighted by Crippen LogP contribution is 2.50. The molecule has 0 aromatic carbocycles. The van der Waals surface area contributed by atoms with E-state index in [9.17, 15) is 4.79 Å². The molecule has 1 saturated heterocycles. The van der Waals surface area contributed by atoms with Crippen LogP contribution in [0.5, 0.6) is 0 Å². The third kappa shape index (κ3) is 1.47. The molecule has 90 valence electrons. The summed E-state index contributed by atoms with van der Waals surface area (Å²) in [4.78, 5) is 14.9. The summed E-state index contributed by atoms with van der Waals surface area (Å²) in [5, 5.41) is 10.9. The number of likely N-dealkylation sites (N-methyl/N-ethyl adjacent to an activating group) is 1. The largest absolute Gasteiger partial charge is 0.337 e. The first-order valence-corrected chi connectivity index (χ1v) is 7.07. The molecule has 2 heterocycles. The molecule has 1 aromatic rings. The molecule has 1 aliphatic carbocycles. The second-order valence-corrected chi connectivity index (χ2v) is 6.99. The second kappa shape index (κ2) is 3.55. The molecule has 1 aromatic heterocycles. The third-order valence-corrected chi connectivity index (χ3v) is 5.20. The van der Waals surface area contributed by atoms with Crippen molar-refractivity contribution in [1.29, 1.82) is 5.41 Å². The number of carbonyl (C=O) groups is 1. The van der Waals surface area contributed by atoms with E-state index in [4.69, 9.17) is 5.41 Å². The van der Waals surface area contributed by atoms with Crippen LogP contribution in [0.25, 0.3) is 0 Å². The highest BCUT2D eigenvalue weighted by Gasteiger charge is 2.58. The van der Waals surface area contributed by atoms with Crippen molar-refractivity contribution in [1.82, 2.24) is 10.2 Å². The van der Waals surface area contributed by atoms with Gasteiger partial charge in [-0.3, -0.25) is 15.1 Å². The monoisotopic (exact) mass is 313 g/mol. The summed E-state index contributed by atoms with van der Waals surface area (Å²) in [6.07, 6.45) is 2.10. The fourth-order valence-electron chi connectivity index (χ4n) is 2.38. The lowest BCUT2D eigenvalue weighted by atomic mass is 9.91. The van der Waals surface area contributed by atoms with Crippen LogP contribution < -0.4 is 5.32 Å². The summed E-state index contributed by atoms with van der Waals surface area (Å²) in [5.41, 5.74) is -0.678. The maximum Gasteiger partial charge on any atom is 0.260 e. The molecule has 1 unspecified atom stereocenters. The lowest BCUT2D eigenvalue weighted by molar-refractivity contribution is -0.131. The third-order valence-electron chi connectivity index (χ3n) is 3.44. The van der Waals surface area contributed by atoms with Gasteiger partial charge in [0.25, 0.3) is 5.91 Å². The van der Waals surface area contributed by atoms with E-state index in [1.807, 2.05) is 12.1 Å². The smallest absolute Gasteiger partial charge is 0.260 e. The molecule has 0 spiro atoms. The highest BCUT2D eigenvalue weighted by atomic mass is 79.9. The average molecular weight is 314 g/mol. The number of thiophene rings is 1. The van der Waals surface area contributed by atoms with Gasteiger partial charge in [0.15, 0.2) is 11.5 Å². The molecule has 1 aliphatic heterocycles. The number of hydrogen-bond acceptors (Lipinski definition) is 3. The summed E-state index contributed by atoms with van der Waals surface area (Å²) >= 11 is 5.01. The van der Waals surface area contributed by atoms with E-state index < -0.39 is 5.54 Å². The molecule has 6 heteroatoms. The van der Waals surface area contributed by atoms with Crippen molar-refractivity contribution in [2.24, 2.45) is 5.92 Å². The zero-order valence-corrected chi connectivity index (χ0v) is 11.7. The normalized spacial score (nSPS) is 28.7. The average Bonchev–Trinajstić information content (AvgIpc) is 3.02.